The van der Waals surface area contributed by atoms with Crippen LogP contribution < -0.4 is 10.6 Å². The zero-order valence-corrected chi connectivity index (χ0v) is 13.3. The van der Waals surface area contributed by atoms with Gasteiger partial charge in [0.1, 0.15) is 17.5 Å². The van der Waals surface area contributed by atoms with E-state index in [1.54, 1.807) is 0 Å². The molecule has 0 amide bonds. The van der Waals surface area contributed by atoms with E-state index in [-0.39, 0.29) is 0 Å². The third kappa shape index (κ3) is 3.41. The minimum atomic E-state index is 0.529. The predicted molar refractivity (Wildman–Crippen MR) is 85.4 cm³/mol. The maximum absolute atomic E-state index is 4.66. The summed E-state index contributed by atoms with van der Waals surface area (Å²) in [7, 11) is 0. The first-order chi connectivity index (χ1) is 9.64. The Morgan fingerprint density at radius 2 is 1.70 bits per heavy atom. The molecule has 1 aromatic heterocycles. The standard InChI is InChI=1S/C16H28N4/c1-5-10-17-14-12(4)15(20-13(6-2)19-14)18-11-16(7-3)8-9-16/h5-11H2,1-4H3,(H2,17,18,19,20). The van der Waals surface area contributed by atoms with Crippen LogP contribution in [0.3, 0.4) is 0 Å². The molecular weight excluding hydrogens is 248 g/mol. The van der Waals surface area contributed by atoms with Gasteiger partial charge in [0, 0.05) is 25.1 Å². The van der Waals surface area contributed by atoms with E-state index in [1.807, 2.05) is 0 Å². The summed E-state index contributed by atoms with van der Waals surface area (Å²) in [6.07, 6.45) is 5.93. The molecule has 0 atom stereocenters. The smallest absolute Gasteiger partial charge is 0.134 e. The molecule has 1 aliphatic rings. The lowest BCUT2D eigenvalue weighted by Gasteiger charge is -2.18. The largest absolute Gasteiger partial charge is 0.370 e. The lowest BCUT2D eigenvalue weighted by Crippen LogP contribution is -2.18. The summed E-state index contributed by atoms with van der Waals surface area (Å²) in [6, 6.07) is 0. The van der Waals surface area contributed by atoms with Crippen LogP contribution in [0.2, 0.25) is 0 Å². The number of hydrogen-bond acceptors (Lipinski definition) is 4. The third-order valence-corrected chi connectivity index (χ3v) is 4.39. The number of nitrogens with one attached hydrogen (secondary N) is 2. The first-order valence-corrected chi connectivity index (χ1v) is 7.99. The average molecular weight is 276 g/mol. The van der Waals surface area contributed by atoms with Crippen molar-refractivity contribution >= 4 is 11.6 Å². The number of aryl methyl sites for hydroxylation is 1. The molecule has 0 bridgehead atoms. The molecule has 0 saturated heterocycles. The van der Waals surface area contributed by atoms with E-state index in [0.29, 0.717) is 5.41 Å². The van der Waals surface area contributed by atoms with Gasteiger partial charge in [0.05, 0.1) is 0 Å². The van der Waals surface area contributed by atoms with E-state index < -0.39 is 0 Å². The zero-order chi connectivity index (χ0) is 14.6. The monoisotopic (exact) mass is 276 g/mol. The molecular formula is C16H28N4. The fourth-order valence-electron chi connectivity index (χ4n) is 2.41. The number of anilines is 2. The Bertz CT molecular complexity index is 452. The highest BCUT2D eigenvalue weighted by atomic mass is 15.1. The van der Waals surface area contributed by atoms with E-state index >= 15 is 0 Å². The van der Waals surface area contributed by atoms with E-state index in [1.165, 1.54) is 19.3 Å². The minimum Gasteiger partial charge on any atom is -0.370 e. The molecule has 1 heterocycles. The van der Waals surface area contributed by atoms with Crippen molar-refractivity contribution in [3.8, 4) is 0 Å². The average Bonchev–Trinajstić information content (AvgIpc) is 3.25. The molecule has 0 aliphatic heterocycles. The Labute approximate surface area is 122 Å². The van der Waals surface area contributed by atoms with Gasteiger partial charge in [-0.25, -0.2) is 9.97 Å². The van der Waals surface area contributed by atoms with Crippen LogP contribution in [0.15, 0.2) is 0 Å². The third-order valence-electron chi connectivity index (χ3n) is 4.39. The summed E-state index contributed by atoms with van der Waals surface area (Å²) in [5, 5.41) is 6.98. The van der Waals surface area contributed by atoms with Crippen molar-refractivity contribution in [2.75, 3.05) is 23.7 Å². The highest BCUT2D eigenvalue weighted by Crippen LogP contribution is 2.48. The second kappa shape index (κ2) is 6.42. The molecule has 1 fully saturated rings. The predicted octanol–water partition coefficient (Wildman–Crippen LogP) is 3.77. The number of rotatable bonds is 8. The van der Waals surface area contributed by atoms with Gasteiger partial charge in [-0.15, -0.1) is 0 Å². The van der Waals surface area contributed by atoms with Crippen LogP contribution in [0.5, 0.6) is 0 Å². The summed E-state index contributed by atoms with van der Waals surface area (Å²) in [5.41, 5.74) is 1.67. The van der Waals surface area contributed by atoms with Gasteiger partial charge < -0.3 is 10.6 Å². The second-order valence-electron chi connectivity index (χ2n) is 5.95. The van der Waals surface area contributed by atoms with E-state index in [2.05, 4.69) is 48.3 Å². The number of aromatic nitrogens is 2. The zero-order valence-electron chi connectivity index (χ0n) is 13.3. The fraction of sp³-hybridized carbons (Fsp3) is 0.750. The van der Waals surface area contributed by atoms with Gasteiger partial charge >= 0.3 is 0 Å². The highest BCUT2D eigenvalue weighted by molar-refractivity contribution is 5.57. The lowest BCUT2D eigenvalue weighted by atomic mass is 10.0. The molecule has 4 nitrogen and oxygen atoms in total. The molecule has 0 spiro atoms. The van der Waals surface area contributed by atoms with Gasteiger partial charge in [0.2, 0.25) is 0 Å². The van der Waals surface area contributed by atoms with Gasteiger partial charge in [-0.2, -0.15) is 0 Å². The SMILES string of the molecule is CCCNc1nc(CC)nc(NCC2(CC)CC2)c1C. The molecule has 0 radical (unpaired) electrons. The molecule has 0 aromatic carbocycles. The van der Waals surface area contributed by atoms with Crippen molar-refractivity contribution < 1.29 is 0 Å². The van der Waals surface area contributed by atoms with Crippen LogP contribution in [0, 0.1) is 12.3 Å². The molecule has 4 heteroatoms. The molecule has 0 unspecified atom stereocenters. The Morgan fingerprint density at radius 3 is 2.20 bits per heavy atom. The molecule has 1 saturated carbocycles. The van der Waals surface area contributed by atoms with E-state index in [4.69, 9.17) is 0 Å². The summed E-state index contributed by atoms with van der Waals surface area (Å²) in [6.45, 7) is 10.7. The highest BCUT2D eigenvalue weighted by Gasteiger charge is 2.40. The van der Waals surface area contributed by atoms with Crippen molar-refractivity contribution in [2.45, 2.75) is 59.8 Å². The molecule has 112 valence electrons. The molecule has 1 aliphatic carbocycles. The number of nitrogens with zero attached hydrogens (tertiary/aromatic N) is 2. The Morgan fingerprint density at radius 1 is 1.05 bits per heavy atom. The van der Waals surface area contributed by atoms with Gasteiger partial charge in [0.15, 0.2) is 0 Å². The summed E-state index contributed by atoms with van der Waals surface area (Å²) >= 11 is 0. The van der Waals surface area contributed by atoms with Gasteiger partial charge in [-0.05, 0) is 38.0 Å². The first kappa shape index (κ1) is 15.1. The van der Waals surface area contributed by atoms with Crippen LogP contribution in [0.1, 0.15) is 57.8 Å². The second-order valence-corrected chi connectivity index (χ2v) is 5.95. The van der Waals surface area contributed by atoms with Crippen LogP contribution in [-0.2, 0) is 6.42 Å². The van der Waals surface area contributed by atoms with Crippen molar-refractivity contribution in [1.82, 2.24) is 9.97 Å². The lowest BCUT2D eigenvalue weighted by molar-refractivity contribution is 0.520. The fourth-order valence-corrected chi connectivity index (χ4v) is 2.41. The van der Waals surface area contributed by atoms with Crippen molar-refractivity contribution in [2.24, 2.45) is 5.41 Å². The topological polar surface area (TPSA) is 49.8 Å². The van der Waals surface area contributed by atoms with Crippen LogP contribution in [0.25, 0.3) is 0 Å². The minimum absolute atomic E-state index is 0.529. The van der Waals surface area contributed by atoms with E-state index in [0.717, 1.165) is 49.0 Å². The van der Waals surface area contributed by atoms with Crippen molar-refractivity contribution in [3.63, 3.8) is 0 Å². The molecule has 2 rings (SSSR count). The molecule has 20 heavy (non-hydrogen) atoms. The Kier molecular flexibility index (Phi) is 4.84. The van der Waals surface area contributed by atoms with Crippen molar-refractivity contribution in [1.29, 1.82) is 0 Å². The van der Waals surface area contributed by atoms with Gasteiger partial charge in [-0.3, -0.25) is 0 Å². The summed E-state index contributed by atoms with van der Waals surface area (Å²) < 4.78 is 0. The number of hydrogen-bond donors (Lipinski definition) is 2. The Hall–Kier alpha value is -1.32. The quantitative estimate of drug-likeness (QED) is 0.759. The summed E-state index contributed by atoms with van der Waals surface area (Å²) in [5.74, 6) is 2.91. The maximum atomic E-state index is 4.66. The molecule has 1 aromatic rings. The van der Waals surface area contributed by atoms with Gasteiger partial charge in [0.25, 0.3) is 0 Å². The Balaban J connectivity index is 2.13. The van der Waals surface area contributed by atoms with Crippen LogP contribution >= 0.6 is 0 Å². The first-order valence-electron chi connectivity index (χ1n) is 7.99. The molecule has 2 N–H and O–H groups in total. The van der Waals surface area contributed by atoms with Crippen LogP contribution in [0.4, 0.5) is 11.6 Å². The van der Waals surface area contributed by atoms with Crippen LogP contribution in [-0.4, -0.2) is 23.1 Å². The maximum Gasteiger partial charge on any atom is 0.134 e. The van der Waals surface area contributed by atoms with Crippen molar-refractivity contribution in [3.05, 3.63) is 11.4 Å². The van der Waals surface area contributed by atoms with E-state index in [9.17, 15) is 0 Å². The van der Waals surface area contributed by atoms with Gasteiger partial charge in [-0.1, -0.05) is 20.8 Å². The summed E-state index contributed by atoms with van der Waals surface area (Å²) in [4.78, 5) is 9.27. The normalized spacial score (nSPS) is 16.0.